The van der Waals surface area contributed by atoms with Crippen LogP contribution in [0.15, 0.2) is 60.7 Å². The highest BCUT2D eigenvalue weighted by Gasteiger charge is 2.06. The highest BCUT2D eigenvalue weighted by Crippen LogP contribution is 2.13. The summed E-state index contributed by atoms with van der Waals surface area (Å²) >= 11 is 0. The van der Waals surface area contributed by atoms with Crippen molar-refractivity contribution >= 4 is 0 Å². The lowest BCUT2D eigenvalue weighted by Gasteiger charge is -2.11. The largest absolute Gasteiger partial charge is 0.386 e. The van der Waals surface area contributed by atoms with Gasteiger partial charge in [-0.25, -0.2) is 0 Å². The van der Waals surface area contributed by atoms with E-state index in [0.29, 0.717) is 13.2 Å². The summed E-state index contributed by atoms with van der Waals surface area (Å²) in [6.45, 7) is 0.851. The summed E-state index contributed by atoms with van der Waals surface area (Å²) in [5, 5.41) is 9.87. The molecule has 0 spiro atoms. The molecule has 1 unspecified atom stereocenters. The van der Waals surface area contributed by atoms with Crippen LogP contribution in [0.3, 0.4) is 0 Å². The number of hydrogen-bond donors (Lipinski definition) is 1. The first kappa shape index (κ1) is 11.8. The van der Waals surface area contributed by atoms with Crippen molar-refractivity contribution in [3.8, 4) is 0 Å². The van der Waals surface area contributed by atoms with E-state index in [0.717, 1.165) is 11.1 Å². The fourth-order valence-corrected chi connectivity index (χ4v) is 1.63. The molecule has 0 radical (unpaired) electrons. The summed E-state index contributed by atoms with van der Waals surface area (Å²) in [4.78, 5) is 0. The maximum Gasteiger partial charge on any atom is 0.102 e. The minimum Gasteiger partial charge on any atom is -0.386 e. The molecular weight excluding hydrogens is 212 g/mol. The van der Waals surface area contributed by atoms with E-state index in [1.165, 1.54) is 0 Å². The first-order valence-corrected chi connectivity index (χ1v) is 5.71. The normalized spacial score (nSPS) is 12.3. The van der Waals surface area contributed by atoms with Crippen LogP contribution in [0, 0.1) is 0 Å². The fourth-order valence-electron chi connectivity index (χ4n) is 1.63. The molecule has 0 bridgehead atoms. The average Bonchev–Trinajstić information content (AvgIpc) is 2.41. The third-order valence-corrected chi connectivity index (χ3v) is 2.57. The molecule has 0 fully saturated rings. The molecule has 2 nitrogen and oxygen atoms in total. The lowest BCUT2D eigenvalue weighted by atomic mass is 10.1. The smallest absolute Gasteiger partial charge is 0.102 e. The SMILES string of the molecule is OC(COCc1ccccc1)c1ccccc1. The Kier molecular flexibility index (Phi) is 4.30. The Bertz CT molecular complexity index is 425. The number of hydrogen-bond acceptors (Lipinski definition) is 2. The Labute approximate surface area is 101 Å². The Morgan fingerprint density at radius 2 is 1.47 bits per heavy atom. The van der Waals surface area contributed by atoms with Crippen molar-refractivity contribution in [3.63, 3.8) is 0 Å². The second-order valence-electron chi connectivity index (χ2n) is 3.93. The Balaban J connectivity index is 1.79. The number of aliphatic hydroxyl groups is 1. The molecule has 0 aliphatic carbocycles. The third kappa shape index (κ3) is 3.70. The van der Waals surface area contributed by atoms with Gasteiger partial charge in [0.1, 0.15) is 6.10 Å². The molecule has 0 aliphatic rings. The summed E-state index contributed by atoms with van der Waals surface area (Å²) in [6.07, 6.45) is -0.556. The number of ether oxygens (including phenoxy) is 1. The molecule has 2 aromatic carbocycles. The maximum atomic E-state index is 9.87. The molecule has 2 heteroatoms. The lowest BCUT2D eigenvalue weighted by Crippen LogP contribution is -2.07. The molecule has 17 heavy (non-hydrogen) atoms. The average molecular weight is 228 g/mol. The zero-order chi connectivity index (χ0) is 11.9. The Morgan fingerprint density at radius 3 is 2.12 bits per heavy atom. The molecule has 1 atom stereocenters. The summed E-state index contributed by atoms with van der Waals surface area (Å²) in [5.74, 6) is 0. The van der Waals surface area contributed by atoms with Gasteiger partial charge in [-0.15, -0.1) is 0 Å². The second-order valence-corrected chi connectivity index (χ2v) is 3.93. The highest BCUT2D eigenvalue weighted by molar-refractivity contribution is 5.17. The van der Waals surface area contributed by atoms with Gasteiger partial charge in [0.05, 0.1) is 13.2 Å². The van der Waals surface area contributed by atoms with Crippen LogP contribution in [0.2, 0.25) is 0 Å². The van der Waals surface area contributed by atoms with Crippen molar-refractivity contribution in [3.05, 3.63) is 71.8 Å². The van der Waals surface area contributed by atoms with Gasteiger partial charge in [-0.3, -0.25) is 0 Å². The van der Waals surface area contributed by atoms with E-state index < -0.39 is 6.10 Å². The fraction of sp³-hybridized carbons (Fsp3) is 0.200. The van der Waals surface area contributed by atoms with Gasteiger partial charge in [-0.1, -0.05) is 60.7 Å². The number of aliphatic hydroxyl groups excluding tert-OH is 1. The minimum absolute atomic E-state index is 0.318. The van der Waals surface area contributed by atoms with Crippen molar-refractivity contribution < 1.29 is 9.84 Å². The van der Waals surface area contributed by atoms with Gasteiger partial charge in [0.15, 0.2) is 0 Å². The quantitative estimate of drug-likeness (QED) is 0.852. The topological polar surface area (TPSA) is 29.5 Å². The van der Waals surface area contributed by atoms with E-state index >= 15 is 0 Å². The Hall–Kier alpha value is -1.64. The van der Waals surface area contributed by atoms with Crippen molar-refractivity contribution in [2.24, 2.45) is 0 Å². The predicted molar refractivity (Wildman–Crippen MR) is 67.5 cm³/mol. The first-order chi connectivity index (χ1) is 8.36. The van der Waals surface area contributed by atoms with Crippen LogP contribution >= 0.6 is 0 Å². The van der Waals surface area contributed by atoms with E-state index in [1.807, 2.05) is 60.7 Å². The molecular formula is C15H16O2. The van der Waals surface area contributed by atoms with Crippen LogP contribution in [0.25, 0.3) is 0 Å². The molecule has 2 aromatic rings. The van der Waals surface area contributed by atoms with Gasteiger partial charge >= 0.3 is 0 Å². The maximum absolute atomic E-state index is 9.87. The molecule has 0 aliphatic heterocycles. The zero-order valence-corrected chi connectivity index (χ0v) is 9.62. The zero-order valence-electron chi connectivity index (χ0n) is 9.62. The van der Waals surface area contributed by atoms with Crippen molar-refractivity contribution in [2.45, 2.75) is 12.7 Å². The molecule has 1 N–H and O–H groups in total. The van der Waals surface area contributed by atoms with Crippen molar-refractivity contribution in [1.82, 2.24) is 0 Å². The third-order valence-electron chi connectivity index (χ3n) is 2.57. The van der Waals surface area contributed by atoms with Crippen molar-refractivity contribution in [2.75, 3.05) is 6.61 Å². The first-order valence-electron chi connectivity index (χ1n) is 5.71. The van der Waals surface area contributed by atoms with E-state index in [1.54, 1.807) is 0 Å². The van der Waals surface area contributed by atoms with E-state index in [4.69, 9.17) is 4.74 Å². The van der Waals surface area contributed by atoms with E-state index in [-0.39, 0.29) is 0 Å². The molecule has 2 rings (SSSR count). The number of rotatable bonds is 5. The molecule has 0 saturated carbocycles. The van der Waals surface area contributed by atoms with Gasteiger partial charge in [0.25, 0.3) is 0 Å². The summed E-state index contributed by atoms with van der Waals surface area (Å²) in [6, 6.07) is 19.5. The highest BCUT2D eigenvalue weighted by atomic mass is 16.5. The standard InChI is InChI=1S/C15H16O2/c16-15(14-9-5-2-6-10-14)12-17-11-13-7-3-1-4-8-13/h1-10,15-16H,11-12H2. The van der Waals surface area contributed by atoms with Crippen LogP contribution in [0.1, 0.15) is 17.2 Å². The van der Waals surface area contributed by atoms with Crippen LogP contribution < -0.4 is 0 Å². The lowest BCUT2D eigenvalue weighted by molar-refractivity contribution is 0.0277. The van der Waals surface area contributed by atoms with E-state index in [9.17, 15) is 5.11 Å². The summed E-state index contributed by atoms with van der Waals surface area (Å²) in [5.41, 5.74) is 2.01. The van der Waals surface area contributed by atoms with Gasteiger partial charge in [0, 0.05) is 0 Å². The van der Waals surface area contributed by atoms with Gasteiger partial charge in [-0.2, -0.15) is 0 Å². The monoisotopic (exact) mass is 228 g/mol. The van der Waals surface area contributed by atoms with Crippen LogP contribution in [0.4, 0.5) is 0 Å². The molecule has 0 amide bonds. The van der Waals surface area contributed by atoms with E-state index in [2.05, 4.69) is 0 Å². The van der Waals surface area contributed by atoms with Crippen molar-refractivity contribution in [1.29, 1.82) is 0 Å². The molecule has 0 heterocycles. The number of benzene rings is 2. The summed E-state index contributed by atoms with van der Waals surface area (Å²) < 4.78 is 5.49. The predicted octanol–water partition coefficient (Wildman–Crippen LogP) is 2.94. The molecule has 0 saturated heterocycles. The van der Waals surface area contributed by atoms with Crippen LogP contribution in [-0.4, -0.2) is 11.7 Å². The minimum atomic E-state index is -0.556. The van der Waals surface area contributed by atoms with Crippen LogP contribution in [0.5, 0.6) is 0 Å². The van der Waals surface area contributed by atoms with Crippen LogP contribution in [-0.2, 0) is 11.3 Å². The van der Waals surface area contributed by atoms with Gasteiger partial charge in [0.2, 0.25) is 0 Å². The Morgan fingerprint density at radius 1 is 0.882 bits per heavy atom. The van der Waals surface area contributed by atoms with Gasteiger partial charge < -0.3 is 9.84 Å². The molecule has 88 valence electrons. The van der Waals surface area contributed by atoms with Gasteiger partial charge in [-0.05, 0) is 11.1 Å². The summed E-state index contributed by atoms with van der Waals surface area (Å²) in [7, 11) is 0. The molecule has 0 aromatic heterocycles. The second kappa shape index (κ2) is 6.18.